The summed E-state index contributed by atoms with van der Waals surface area (Å²) in [7, 11) is -0.471. The van der Waals surface area contributed by atoms with E-state index in [9.17, 15) is 0 Å². The van der Waals surface area contributed by atoms with Crippen molar-refractivity contribution in [2.24, 2.45) is 5.92 Å². The third kappa shape index (κ3) is 1.30. The Labute approximate surface area is 89.5 Å². The van der Waals surface area contributed by atoms with Crippen molar-refractivity contribution in [1.29, 1.82) is 0 Å². The van der Waals surface area contributed by atoms with Crippen molar-refractivity contribution in [3.05, 3.63) is 12.7 Å². The summed E-state index contributed by atoms with van der Waals surface area (Å²) in [5, 5.41) is 0.747. The van der Waals surface area contributed by atoms with E-state index in [4.69, 9.17) is 0 Å². The number of allylic oxidation sites excluding steroid dienone is 1. The first-order valence-corrected chi connectivity index (χ1v) is 8.24. The van der Waals surface area contributed by atoms with E-state index in [1.54, 1.807) is 12.3 Å². The van der Waals surface area contributed by atoms with E-state index in [0.29, 0.717) is 0 Å². The van der Waals surface area contributed by atoms with Gasteiger partial charge in [-0.3, -0.25) is 0 Å². The quantitative estimate of drug-likeness (QED) is 0.485. The Hall–Kier alpha value is 0.170. The van der Waals surface area contributed by atoms with E-state index >= 15 is 0 Å². The van der Waals surface area contributed by atoms with E-state index in [2.05, 4.69) is 33.4 Å². The van der Waals surface area contributed by atoms with E-state index in [1.165, 1.54) is 19.3 Å². The first kappa shape index (κ1) is 10.7. The van der Waals surface area contributed by atoms with Crippen LogP contribution >= 0.6 is 7.26 Å². The average Bonchev–Trinajstić information content (AvgIpc) is 1.99. The number of rotatable bonds is 3. The van der Waals surface area contributed by atoms with Gasteiger partial charge in [-0.25, -0.2) is 0 Å². The maximum absolute atomic E-state index is 3.91. The summed E-state index contributed by atoms with van der Waals surface area (Å²) < 4.78 is 0. The zero-order valence-corrected chi connectivity index (χ0v) is 10.8. The first-order valence-electron chi connectivity index (χ1n) is 6.01. The highest BCUT2D eigenvalue weighted by Gasteiger charge is 2.69. The van der Waals surface area contributed by atoms with Gasteiger partial charge >= 0.3 is 0 Å². The molecule has 0 amide bonds. The van der Waals surface area contributed by atoms with Gasteiger partial charge in [0.05, 0.1) is 23.1 Å². The van der Waals surface area contributed by atoms with Gasteiger partial charge in [0.1, 0.15) is 0 Å². The number of hydrogen-bond acceptors (Lipinski definition) is 0. The van der Waals surface area contributed by atoms with Gasteiger partial charge in [-0.05, 0) is 26.2 Å². The van der Waals surface area contributed by atoms with Gasteiger partial charge in [0.15, 0.2) is 0 Å². The van der Waals surface area contributed by atoms with Crippen LogP contribution in [0, 0.1) is 5.92 Å². The fraction of sp³-hybridized carbons (Fsp3) is 0.846. The molecule has 0 bridgehead atoms. The first-order chi connectivity index (χ1) is 6.52. The maximum atomic E-state index is 3.91. The van der Waals surface area contributed by atoms with Gasteiger partial charge in [0, 0.05) is 20.1 Å². The lowest BCUT2D eigenvalue weighted by Gasteiger charge is -2.60. The molecule has 0 N–H and O–H groups in total. The lowest BCUT2D eigenvalue weighted by molar-refractivity contribution is 0.448. The van der Waals surface area contributed by atoms with Crippen LogP contribution in [0.2, 0.25) is 0 Å². The molecule has 0 saturated carbocycles. The smallest absolute Gasteiger partial charge is 0.0783 e. The molecule has 2 unspecified atom stereocenters. The summed E-state index contributed by atoms with van der Waals surface area (Å²) in [6.45, 7) is 11.3. The lowest BCUT2D eigenvalue weighted by atomic mass is 9.97. The molecular formula is C13H24P+. The molecule has 2 heterocycles. The van der Waals surface area contributed by atoms with Crippen molar-refractivity contribution in [1.82, 2.24) is 0 Å². The molecule has 80 valence electrons. The Balaban J connectivity index is 2.00. The summed E-state index contributed by atoms with van der Waals surface area (Å²) in [5.74, 6) is 0.744. The van der Waals surface area contributed by atoms with E-state index in [0.717, 1.165) is 16.7 Å². The van der Waals surface area contributed by atoms with E-state index in [1.807, 2.05) is 0 Å². The monoisotopic (exact) mass is 211 g/mol. The zero-order valence-electron chi connectivity index (χ0n) is 9.92. The molecule has 0 aromatic heterocycles. The van der Waals surface area contributed by atoms with Crippen molar-refractivity contribution in [2.75, 3.05) is 12.3 Å². The Morgan fingerprint density at radius 1 is 1.50 bits per heavy atom. The molecule has 2 saturated heterocycles. The molecule has 2 aliphatic rings. The summed E-state index contributed by atoms with van der Waals surface area (Å²) in [5.41, 5.74) is 1.11. The molecule has 2 rings (SSSR count). The second-order valence-corrected chi connectivity index (χ2v) is 10.9. The minimum absolute atomic E-state index is 0.471. The average molecular weight is 211 g/mol. The van der Waals surface area contributed by atoms with E-state index < -0.39 is 7.26 Å². The summed E-state index contributed by atoms with van der Waals surface area (Å²) in [4.78, 5) is 0. The van der Waals surface area contributed by atoms with Crippen LogP contribution < -0.4 is 0 Å². The highest BCUT2D eigenvalue weighted by atomic mass is 31.2. The molecule has 1 spiro atoms. The van der Waals surface area contributed by atoms with Crippen LogP contribution in [0.25, 0.3) is 0 Å². The SMILES string of the molecule is C=CC(C)CC1CC(C)(C)[P+]12CCC2. The van der Waals surface area contributed by atoms with Crippen LogP contribution in [0.4, 0.5) is 0 Å². The predicted octanol–water partition coefficient (Wildman–Crippen LogP) is 4.17. The van der Waals surface area contributed by atoms with Crippen molar-refractivity contribution in [3.8, 4) is 0 Å². The van der Waals surface area contributed by atoms with Crippen molar-refractivity contribution >= 4 is 7.26 Å². The maximum Gasteiger partial charge on any atom is 0.0783 e. The van der Waals surface area contributed by atoms with Gasteiger partial charge in [0.2, 0.25) is 0 Å². The van der Waals surface area contributed by atoms with Gasteiger partial charge in [-0.1, -0.05) is 13.0 Å². The van der Waals surface area contributed by atoms with Gasteiger partial charge in [0.25, 0.3) is 0 Å². The molecule has 0 aromatic rings. The summed E-state index contributed by atoms with van der Waals surface area (Å²) in [6.07, 6.45) is 9.81. The molecule has 0 aliphatic carbocycles. The second kappa shape index (κ2) is 3.34. The minimum atomic E-state index is -0.471. The van der Waals surface area contributed by atoms with Crippen LogP contribution in [-0.4, -0.2) is 23.1 Å². The fourth-order valence-corrected chi connectivity index (χ4v) is 9.32. The van der Waals surface area contributed by atoms with Gasteiger partial charge in [-0.2, -0.15) is 0 Å². The molecule has 2 atom stereocenters. The molecular weight excluding hydrogens is 187 g/mol. The molecule has 0 aromatic carbocycles. The van der Waals surface area contributed by atoms with Gasteiger partial charge in [-0.15, -0.1) is 6.58 Å². The molecule has 1 heteroatoms. The normalized spacial score (nSPS) is 34.4. The third-order valence-electron chi connectivity index (χ3n) is 4.80. The van der Waals surface area contributed by atoms with Gasteiger partial charge < -0.3 is 0 Å². The predicted molar refractivity (Wildman–Crippen MR) is 67.7 cm³/mol. The molecule has 0 radical (unpaired) electrons. The van der Waals surface area contributed by atoms with Crippen molar-refractivity contribution in [2.45, 2.75) is 50.8 Å². The molecule has 2 aliphatic heterocycles. The third-order valence-corrected chi connectivity index (χ3v) is 11.4. The lowest BCUT2D eigenvalue weighted by Crippen LogP contribution is -2.52. The minimum Gasteiger partial charge on any atom is -0.103 e. The zero-order chi connectivity index (χ0) is 10.4. The van der Waals surface area contributed by atoms with Crippen LogP contribution in [0.15, 0.2) is 12.7 Å². The Morgan fingerprint density at radius 2 is 2.14 bits per heavy atom. The summed E-state index contributed by atoms with van der Waals surface area (Å²) >= 11 is 0. The summed E-state index contributed by atoms with van der Waals surface area (Å²) in [6, 6.07) is 0. The molecule has 14 heavy (non-hydrogen) atoms. The van der Waals surface area contributed by atoms with E-state index in [-0.39, 0.29) is 0 Å². The Bertz CT molecular complexity index is 238. The topological polar surface area (TPSA) is 0 Å². The Kier molecular flexibility index (Phi) is 2.55. The van der Waals surface area contributed by atoms with Crippen LogP contribution in [0.5, 0.6) is 0 Å². The van der Waals surface area contributed by atoms with Crippen LogP contribution in [-0.2, 0) is 0 Å². The van der Waals surface area contributed by atoms with Crippen molar-refractivity contribution in [3.63, 3.8) is 0 Å². The van der Waals surface area contributed by atoms with Crippen molar-refractivity contribution < 1.29 is 0 Å². The fourth-order valence-electron chi connectivity index (χ4n) is 3.59. The highest BCUT2D eigenvalue weighted by molar-refractivity contribution is 7.80. The van der Waals surface area contributed by atoms with Crippen LogP contribution in [0.3, 0.4) is 0 Å². The Morgan fingerprint density at radius 3 is 2.50 bits per heavy atom. The highest BCUT2D eigenvalue weighted by Crippen LogP contribution is 2.87. The second-order valence-electron chi connectivity index (χ2n) is 5.95. The largest absolute Gasteiger partial charge is 0.103 e. The molecule has 0 nitrogen and oxygen atoms in total. The molecule has 2 fully saturated rings. The van der Waals surface area contributed by atoms with Crippen LogP contribution in [0.1, 0.15) is 40.0 Å². The standard InChI is InChI=1S/C13H24P/c1-5-11(2)9-12-10-13(3,4)14(12)7-6-8-14/h5,11-12H,1,6-10H2,2-4H3/q+1. The number of hydrogen-bond donors (Lipinski definition) is 0.